The fourth-order valence-electron chi connectivity index (χ4n) is 2.77. The molecule has 0 saturated heterocycles. The van der Waals surface area contributed by atoms with Gasteiger partial charge in [0.05, 0.1) is 19.8 Å². The number of nitrogens with zero attached hydrogens (tertiary/aromatic N) is 1. The molecule has 2 rings (SSSR count). The minimum absolute atomic E-state index is 0.128. The van der Waals surface area contributed by atoms with Gasteiger partial charge in [0.25, 0.3) is 0 Å². The Hall–Kier alpha value is -1.87. The Morgan fingerprint density at radius 3 is 2.32 bits per heavy atom. The van der Waals surface area contributed by atoms with Crippen LogP contribution in [0.2, 0.25) is 0 Å². The van der Waals surface area contributed by atoms with Crippen LogP contribution in [0.15, 0.2) is 17.1 Å². The van der Waals surface area contributed by atoms with E-state index in [2.05, 4.69) is 4.99 Å². The van der Waals surface area contributed by atoms with Gasteiger partial charge in [-0.2, -0.15) is 4.99 Å². The van der Waals surface area contributed by atoms with Crippen molar-refractivity contribution in [1.82, 2.24) is 0 Å². The van der Waals surface area contributed by atoms with Gasteiger partial charge in [0, 0.05) is 0 Å². The van der Waals surface area contributed by atoms with E-state index in [0.29, 0.717) is 24.2 Å². The van der Waals surface area contributed by atoms with Crippen LogP contribution in [0.5, 0.6) is 11.5 Å². The minimum Gasteiger partial charge on any atom is -0.496 e. The van der Waals surface area contributed by atoms with E-state index in [0.717, 1.165) is 12.8 Å². The maximum absolute atomic E-state index is 14.5. The van der Waals surface area contributed by atoms with Crippen LogP contribution in [0.3, 0.4) is 0 Å². The highest BCUT2D eigenvalue weighted by Crippen LogP contribution is 2.48. The third-order valence-corrected chi connectivity index (χ3v) is 3.66. The van der Waals surface area contributed by atoms with Crippen LogP contribution in [-0.4, -0.2) is 20.3 Å². The van der Waals surface area contributed by atoms with Crippen LogP contribution >= 0.6 is 0 Å². The number of aliphatic imine (C=N–C) groups is 1. The SMILES string of the molecule is COc1ccc(OC)c(C2(N=C=O)CCCC2)c1F. The summed E-state index contributed by atoms with van der Waals surface area (Å²) in [4.78, 5) is 14.6. The maximum Gasteiger partial charge on any atom is 0.235 e. The second-order valence-electron chi connectivity index (χ2n) is 4.60. The number of hydrogen-bond donors (Lipinski definition) is 0. The van der Waals surface area contributed by atoms with Gasteiger partial charge in [-0.1, -0.05) is 12.8 Å². The Morgan fingerprint density at radius 2 is 1.79 bits per heavy atom. The lowest BCUT2D eigenvalue weighted by atomic mass is 9.87. The number of halogens is 1. The minimum atomic E-state index is -0.869. The average Bonchev–Trinajstić information content (AvgIpc) is 2.88. The highest BCUT2D eigenvalue weighted by Gasteiger charge is 2.41. The lowest BCUT2D eigenvalue weighted by molar-refractivity contribution is 0.343. The smallest absolute Gasteiger partial charge is 0.235 e. The Labute approximate surface area is 111 Å². The van der Waals surface area contributed by atoms with Gasteiger partial charge in [0.1, 0.15) is 11.3 Å². The van der Waals surface area contributed by atoms with Gasteiger partial charge in [0.15, 0.2) is 11.6 Å². The Balaban J connectivity index is 2.67. The quantitative estimate of drug-likeness (QED) is 0.621. The van der Waals surface area contributed by atoms with Gasteiger partial charge in [-0.05, 0) is 25.0 Å². The van der Waals surface area contributed by atoms with E-state index in [1.54, 1.807) is 12.1 Å². The van der Waals surface area contributed by atoms with Crippen molar-refractivity contribution in [1.29, 1.82) is 0 Å². The number of isocyanates is 1. The zero-order valence-electron chi connectivity index (χ0n) is 11.0. The molecule has 4 nitrogen and oxygen atoms in total. The molecule has 0 heterocycles. The van der Waals surface area contributed by atoms with Crippen molar-refractivity contribution in [3.63, 3.8) is 0 Å². The molecule has 0 unspecified atom stereocenters. The molecule has 0 radical (unpaired) electrons. The summed E-state index contributed by atoms with van der Waals surface area (Å²) in [7, 11) is 2.87. The molecule has 0 atom stereocenters. The molecule has 19 heavy (non-hydrogen) atoms. The van der Waals surface area contributed by atoms with Crippen molar-refractivity contribution in [3.05, 3.63) is 23.5 Å². The second kappa shape index (κ2) is 5.41. The van der Waals surface area contributed by atoms with Crippen molar-refractivity contribution in [2.24, 2.45) is 4.99 Å². The lowest BCUT2D eigenvalue weighted by Crippen LogP contribution is -2.22. The van der Waals surface area contributed by atoms with Gasteiger partial charge in [-0.25, -0.2) is 9.18 Å². The molecule has 0 aromatic heterocycles. The van der Waals surface area contributed by atoms with Gasteiger partial charge in [-0.15, -0.1) is 0 Å². The van der Waals surface area contributed by atoms with Crippen molar-refractivity contribution in [2.45, 2.75) is 31.2 Å². The van der Waals surface area contributed by atoms with Gasteiger partial charge < -0.3 is 9.47 Å². The molecular formula is C14H16FNO3. The molecule has 1 aliphatic rings. The predicted molar refractivity (Wildman–Crippen MR) is 67.8 cm³/mol. The van der Waals surface area contributed by atoms with E-state index >= 15 is 0 Å². The third-order valence-electron chi connectivity index (χ3n) is 3.66. The number of benzene rings is 1. The highest BCUT2D eigenvalue weighted by atomic mass is 19.1. The Morgan fingerprint density at radius 1 is 1.21 bits per heavy atom. The van der Waals surface area contributed by atoms with Crippen LogP contribution < -0.4 is 9.47 Å². The molecule has 1 fully saturated rings. The van der Waals surface area contributed by atoms with Crippen LogP contribution in [-0.2, 0) is 10.3 Å². The van der Waals surface area contributed by atoms with E-state index in [9.17, 15) is 9.18 Å². The molecule has 0 bridgehead atoms. The van der Waals surface area contributed by atoms with Crippen LogP contribution in [0.1, 0.15) is 31.2 Å². The summed E-state index contributed by atoms with van der Waals surface area (Å²) in [5.74, 6) is 0.00474. The monoisotopic (exact) mass is 265 g/mol. The summed E-state index contributed by atoms with van der Waals surface area (Å²) >= 11 is 0. The second-order valence-corrected chi connectivity index (χ2v) is 4.60. The first-order chi connectivity index (χ1) is 9.18. The number of carbonyl (C=O) groups excluding carboxylic acids is 1. The molecule has 1 aromatic rings. The first kappa shape index (κ1) is 13.6. The van der Waals surface area contributed by atoms with E-state index in [-0.39, 0.29) is 5.75 Å². The summed E-state index contributed by atoms with van der Waals surface area (Å²) in [5.41, 5.74) is -0.568. The number of methoxy groups -OCH3 is 2. The maximum atomic E-state index is 14.5. The summed E-state index contributed by atoms with van der Waals surface area (Å²) < 4.78 is 24.8. The molecule has 0 amide bonds. The Kier molecular flexibility index (Phi) is 3.86. The van der Waals surface area contributed by atoms with Crippen molar-refractivity contribution in [3.8, 4) is 11.5 Å². The largest absolute Gasteiger partial charge is 0.496 e. The standard InChI is InChI=1S/C14H16FNO3/c1-18-10-5-6-11(19-2)13(15)12(10)14(16-9-17)7-3-4-8-14/h5-6H,3-4,7-8H2,1-2H3. The molecule has 0 aliphatic heterocycles. The van der Waals surface area contributed by atoms with E-state index in [1.807, 2.05) is 0 Å². The van der Waals surface area contributed by atoms with Crippen molar-refractivity contribution < 1.29 is 18.7 Å². The lowest BCUT2D eigenvalue weighted by Gasteiger charge is -2.26. The first-order valence-corrected chi connectivity index (χ1v) is 6.18. The Bertz CT molecular complexity index is 518. The summed E-state index contributed by atoms with van der Waals surface area (Å²) in [6, 6.07) is 3.14. The normalized spacial score (nSPS) is 16.8. The van der Waals surface area contributed by atoms with Crippen molar-refractivity contribution >= 4 is 6.08 Å². The van der Waals surface area contributed by atoms with Crippen LogP contribution in [0.25, 0.3) is 0 Å². The zero-order valence-corrected chi connectivity index (χ0v) is 11.0. The van der Waals surface area contributed by atoms with E-state index in [4.69, 9.17) is 9.47 Å². The fourth-order valence-corrected chi connectivity index (χ4v) is 2.77. The number of rotatable bonds is 4. The summed E-state index contributed by atoms with van der Waals surface area (Å²) in [6.45, 7) is 0. The molecule has 1 saturated carbocycles. The number of ether oxygens (including phenoxy) is 2. The van der Waals surface area contributed by atoms with Gasteiger partial charge in [-0.3, -0.25) is 0 Å². The zero-order chi connectivity index (χ0) is 13.9. The number of hydrogen-bond acceptors (Lipinski definition) is 4. The third kappa shape index (κ3) is 2.22. The molecule has 0 N–H and O–H groups in total. The van der Waals surface area contributed by atoms with Gasteiger partial charge >= 0.3 is 0 Å². The van der Waals surface area contributed by atoms with E-state index in [1.165, 1.54) is 20.3 Å². The average molecular weight is 265 g/mol. The molecular weight excluding hydrogens is 249 g/mol. The molecule has 1 aromatic carbocycles. The molecule has 0 spiro atoms. The van der Waals surface area contributed by atoms with Gasteiger partial charge in [0.2, 0.25) is 6.08 Å². The highest BCUT2D eigenvalue weighted by molar-refractivity contribution is 5.49. The predicted octanol–water partition coefficient (Wildman–Crippen LogP) is 2.95. The van der Waals surface area contributed by atoms with E-state index < -0.39 is 11.4 Å². The molecule has 1 aliphatic carbocycles. The molecule has 5 heteroatoms. The topological polar surface area (TPSA) is 47.9 Å². The summed E-state index contributed by atoms with van der Waals surface area (Å²) in [6.07, 6.45) is 4.59. The van der Waals surface area contributed by atoms with Crippen LogP contribution in [0.4, 0.5) is 4.39 Å². The van der Waals surface area contributed by atoms with Crippen LogP contribution in [0, 0.1) is 5.82 Å². The van der Waals surface area contributed by atoms with Crippen molar-refractivity contribution in [2.75, 3.05) is 14.2 Å². The molecule has 102 valence electrons. The first-order valence-electron chi connectivity index (χ1n) is 6.18. The fraction of sp³-hybridized carbons (Fsp3) is 0.500. The summed E-state index contributed by atoms with van der Waals surface area (Å²) in [5, 5.41) is 0.